The van der Waals surface area contributed by atoms with Crippen molar-refractivity contribution in [3.63, 3.8) is 0 Å². The van der Waals surface area contributed by atoms with Crippen LogP contribution >= 0.6 is 23.4 Å². The van der Waals surface area contributed by atoms with E-state index in [1.807, 2.05) is 0 Å². The third-order valence-corrected chi connectivity index (χ3v) is 6.10. The number of imide groups is 1. The highest BCUT2D eigenvalue weighted by Gasteiger charge is 2.36. The Morgan fingerprint density at radius 2 is 2.00 bits per heavy atom. The first kappa shape index (κ1) is 21.8. The second-order valence-corrected chi connectivity index (χ2v) is 8.33. The average molecular weight is 473 g/mol. The number of hydrogen-bond donors (Lipinski definition) is 0. The average Bonchev–Trinajstić information content (AvgIpc) is 3.30. The van der Waals surface area contributed by atoms with Gasteiger partial charge in [0.15, 0.2) is 0 Å². The summed E-state index contributed by atoms with van der Waals surface area (Å²) < 4.78 is 19.8. The molecule has 0 radical (unpaired) electrons. The van der Waals surface area contributed by atoms with Crippen LogP contribution < -0.4 is 0 Å². The fourth-order valence-corrected chi connectivity index (χ4v) is 4.26. The van der Waals surface area contributed by atoms with Gasteiger partial charge in [-0.15, -0.1) is 0 Å². The number of non-ortho nitro benzene ring substituents is 1. The summed E-state index contributed by atoms with van der Waals surface area (Å²) >= 11 is 6.73. The lowest BCUT2D eigenvalue weighted by atomic mass is 10.1. The Balaban J connectivity index is 1.57. The van der Waals surface area contributed by atoms with Gasteiger partial charge in [-0.3, -0.25) is 24.6 Å². The molecule has 1 saturated heterocycles. The Labute approximate surface area is 190 Å². The number of thioether (sulfide) groups is 1. The summed E-state index contributed by atoms with van der Waals surface area (Å²) in [4.78, 5) is 36.6. The van der Waals surface area contributed by atoms with Gasteiger partial charge in [0.1, 0.15) is 17.3 Å². The fraction of sp³-hybridized carbons (Fsp3) is 0.0909. The first-order valence-corrected chi connectivity index (χ1v) is 10.5. The van der Waals surface area contributed by atoms with Crippen molar-refractivity contribution in [3.05, 3.63) is 91.3 Å². The Morgan fingerprint density at radius 3 is 2.69 bits per heavy atom. The zero-order valence-electron chi connectivity index (χ0n) is 16.5. The van der Waals surface area contributed by atoms with E-state index in [4.69, 9.17) is 16.0 Å². The van der Waals surface area contributed by atoms with Gasteiger partial charge in [-0.25, -0.2) is 4.39 Å². The molecule has 2 heterocycles. The number of hydrogen-bond acceptors (Lipinski definition) is 6. The van der Waals surface area contributed by atoms with Crippen molar-refractivity contribution < 1.29 is 23.3 Å². The molecule has 0 bridgehead atoms. The lowest BCUT2D eigenvalue weighted by Crippen LogP contribution is -2.28. The molecule has 1 aliphatic heterocycles. The topological polar surface area (TPSA) is 93.7 Å². The highest BCUT2D eigenvalue weighted by Crippen LogP contribution is 2.36. The van der Waals surface area contributed by atoms with Gasteiger partial charge in [-0.2, -0.15) is 0 Å². The number of aryl methyl sites for hydroxylation is 1. The molecule has 2 amide bonds. The number of furan rings is 1. The first-order chi connectivity index (χ1) is 15.2. The zero-order valence-corrected chi connectivity index (χ0v) is 18.1. The molecule has 1 aromatic heterocycles. The van der Waals surface area contributed by atoms with Crippen LogP contribution in [-0.2, 0) is 11.3 Å². The minimum atomic E-state index is -0.602. The van der Waals surface area contributed by atoms with Crippen molar-refractivity contribution >= 4 is 46.3 Å². The first-order valence-electron chi connectivity index (χ1n) is 9.28. The lowest BCUT2D eigenvalue weighted by Gasteiger charge is -2.14. The van der Waals surface area contributed by atoms with Crippen LogP contribution in [0.4, 0.5) is 14.9 Å². The zero-order chi connectivity index (χ0) is 23.0. The van der Waals surface area contributed by atoms with E-state index in [2.05, 4.69) is 0 Å². The summed E-state index contributed by atoms with van der Waals surface area (Å²) in [6, 6.07) is 11.8. The van der Waals surface area contributed by atoms with Gasteiger partial charge < -0.3 is 4.42 Å². The van der Waals surface area contributed by atoms with Gasteiger partial charge in [0, 0.05) is 34.4 Å². The molecule has 162 valence electrons. The Kier molecular flexibility index (Phi) is 5.86. The Hall–Kier alpha value is -3.43. The van der Waals surface area contributed by atoms with E-state index >= 15 is 0 Å². The number of nitro groups is 1. The Morgan fingerprint density at radius 1 is 1.22 bits per heavy atom. The number of carbonyl (C=O) groups is 2. The van der Waals surface area contributed by atoms with E-state index in [1.165, 1.54) is 36.4 Å². The smallest absolute Gasteiger partial charge is 0.293 e. The number of benzene rings is 2. The van der Waals surface area contributed by atoms with E-state index in [1.54, 1.807) is 25.1 Å². The fourth-order valence-electron chi connectivity index (χ4n) is 3.22. The summed E-state index contributed by atoms with van der Waals surface area (Å²) in [6.07, 6.45) is 1.43. The molecule has 0 saturated carbocycles. The van der Waals surface area contributed by atoms with Gasteiger partial charge >= 0.3 is 0 Å². The lowest BCUT2D eigenvalue weighted by molar-refractivity contribution is -0.384. The van der Waals surface area contributed by atoms with Crippen molar-refractivity contribution in [2.45, 2.75) is 13.5 Å². The SMILES string of the molecule is Cc1cc([N+](=O)[O-])ccc1-c1ccc(/C=C2\SC(=O)N(Cc3c(F)cccc3Cl)C2=O)o1. The molecule has 2 aromatic carbocycles. The molecule has 1 aliphatic rings. The van der Waals surface area contributed by atoms with Crippen LogP contribution in [-0.4, -0.2) is 21.0 Å². The third kappa shape index (κ3) is 4.17. The predicted octanol–water partition coefficient (Wildman–Crippen LogP) is 6.19. The van der Waals surface area contributed by atoms with Crippen molar-refractivity contribution in [2.75, 3.05) is 0 Å². The molecule has 7 nitrogen and oxygen atoms in total. The van der Waals surface area contributed by atoms with E-state index in [-0.39, 0.29) is 27.7 Å². The molecule has 1 fully saturated rings. The van der Waals surface area contributed by atoms with Crippen molar-refractivity contribution in [3.8, 4) is 11.3 Å². The molecule has 0 aliphatic carbocycles. The van der Waals surface area contributed by atoms with Gasteiger partial charge in [0.2, 0.25) is 0 Å². The van der Waals surface area contributed by atoms with Crippen molar-refractivity contribution in [2.24, 2.45) is 0 Å². The van der Waals surface area contributed by atoms with Crippen LogP contribution in [0.3, 0.4) is 0 Å². The van der Waals surface area contributed by atoms with Crippen LogP contribution in [0.2, 0.25) is 5.02 Å². The highest BCUT2D eigenvalue weighted by molar-refractivity contribution is 8.18. The molecule has 0 unspecified atom stereocenters. The molecule has 4 rings (SSSR count). The number of nitrogens with zero attached hydrogens (tertiary/aromatic N) is 2. The number of halogens is 2. The maximum absolute atomic E-state index is 14.1. The Bertz CT molecular complexity index is 1280. The van der Waals surface area contributed by atoms with E-state index < -0.39 is 21.9 Å². The number of amides is 2. The third-order valence-electron chi connectivity index (χ3n) is 4.84. The molecule has 0 spiro atoms. The molecule has 0 atom stereocenters. The molecular weight excluding hydrogens is 459 g/mol. The van der Waals surface area contributed by atoms with Crippen LogP contribution in [0.5, 0.6) is 0 Å². The van der Waals surface area contributed by atoms with E-state index in [0.29, 0.717) is 22.6 Å². The van der Waals surface area contributed by atoms with Gasteiger partial charge in [-0.05, 0) is 54.6 Å². The van der Waals surface area contributed by atoms with Crippen LogP contribution in [0.25, 0.3) is 17.4 Å². The van der Waals surface area contributed by atoms with E-state index in [0.717, 1.165) is 16.7 Å². The minimum absolute atomic E-state index is 0.0262. The monoisotopic (exact) mass is 472 g/mol. The summed E-state index contributed by atoms with van der Waals surface area (Å²) in [5.41, 5.74) is 1.35. The van der Waals surface area contributed by atoms with E-state index in [9.17, 15) is 24.1 Å². The molecule has 10 heteroatoms. The number of rotatable bonds is 5. The highest BCUT2D eigenvalue weighted by atomic mass is 35.5. The molecule has 32 heavy (non-hydrogen) atoms. The van der Waals surface area contributed by atoms with Crippen LogP contribution in [0, 0.1) is 22.9 Å². The quantitative estimate of drug-likeness (QED) is 0.249. The van der Waals surface area contributed by atoms with Crippen LogP contribution in [0.15, 0.2) is 57.9 Å². The molecular formula is C22H14ClFN2O5S. The number of nitro benzene ring substituents is 1. The molecule has 3 aromatic rings. The number of carbonyl (C=O) groups excluding carboxylic acids is 2. The maximum Gasteiger partial charge on any atom is 0.293 e. The van der Waals surface area contributed by atoms with Crippen molar-refractivity contribution in [1.29, 1.82) is 0 Å². The van der Waals surface area contributed by atoms with Gasteiger partial charge in [0.05, 0.1) is 16.4 Å². The summed E-state index contributed by atoms with van der Waals surface area (Å²) in [6.45, 7) is 1.45. The largest absolute Gasteiger partial charge is 0.457 e. The second-order valence-electron chi connectivity index (χ2n) is 6.93. The van der Waals surface area contributed by atoms with Crippen LogP contribution in [0.1, 0.15) is 16.9 Å². The predicted molar refractivity (Wildman–Crippen MR) is 118 cm³/mol. The standard InChI is InChI=1S/C22H14ClFN2O5S/c1-12-9-13(26(29)30)5-7-15(12)19-8-6-14(31-19)10-20-21(27)25(22(28)32-20)11-16-17(23)3-2-4-18(16)24/h2-10H,11H2,1H3/b20-10-. The second kappa shape index (κ2) is 8.60. The molecule has 0 N–H and O–H groups in total. The minimum Gasteiger partial charge on any atom is -0.457 e. The summed E-state index contributed by atoms with van der Waals surface area (Å²) in [5.74, 6) is -0.397. The van der Waals surface area contributed by atoms with Crippen molar-refractivity contribution in [1.82, 2.24) is 4.90 Å². The van der Waals surface area contributed by atoms with Gasteiger partial charge in [-0.1, -0.05) is 17.7 Å². The summed E-state index contributed by atoms with van der Waals surface area (Å²) in [5, 5.41) is 10.5. The summed E-state index contributed by atoms with van der Waals surface area (Å²) in [7, 11) is 0. The normalized spacial score (nSPS) is 15.1. The maximum atomic E-state index is 14.1. The van der Waals surface area contributed by atoms with Gasteiger partial charge in [0.25, 0.3) is 16.8 Å².